The van der Waals surface area contributed by atoms with Crippen LogP contribution >= 0.6 is 11.8 Å². The summed E-state index contributed by atoms with van der Waals surface area (Å²) in [6, 6.07) is -0.516. The van der Waals surface area contributed by atoms with Gasteiger partial charge < -0.3 is 20.2 Å². The van der Waals surface area contributed by atoms with Gasteiger partial charge in [-0.05, 0) is 6.42 Å². The molecule has 0 bridgehead atoms. The van der Waals surface area contributed by atoms with Gasteiger partial charge in [-0.15, -0.1) is 0 Å². The summed E-state index contributed by atoms with van der Waals surface area (Å²) in [5.74, 6) is 0.736. The molecular weight excluding hydrogens is 240 g/mol. The molecule has 2 rings (SSSR count). The Morgan fingerprint density at radius 3 is 2.82 bits per heavy atom. The lowest BCUT2D eigenvalue weighted by molar-refractivity contribution is 0.0206. The maximum Gasteiger partial charge on any atom is 0.160 e. The molecule has 0 unspecified atom stereocenters. The number of nitrogens with zero attached hydrogens (tertiary/aromatic N) is 2. The van der Waals surface area contributed by atoms with Gasteiger partial charge >= 0.3 is 0 Å². The number of aliphatic hydroxyl groups is 3. The number of unbranched alkanes of at least 4 members (excludes halogenated alkanes) is 1. The van der Waals surface area contributed by atoms with Gasteiger partial charge in [-0.3, -0.25) is 4.99 Å². The zero-order valence-electron chi connectivity index (χ0n) is 9.99. The summed E-state index contributed by atoms with van der Waals surface area (Å²) in [6.07, 6.45) is 0.484. The first kappa shape index (κ1) is 13.1. The summed E-state index contributed by atoms with van der Waals surface area (Å²) >= 11 is 1.60. The Morgan fingerprint density at radius 2 is 2.18 bits per heavy atom. The van der Waals surface area contributed by atoms with E-state index >= 15 is 0 Å². The number of fused-ring (bicyclic) bond motifs is 1. The highest BCUT2D eigenvalue weighted by atomic mass is 32.2. The summed E-state index contributed by atoms with van der Waals surface area (Å²) in [7, 11) is 0. The van der Waals surface area contributed by atoms with Crippen LogP contribution < -0.4 is 0 Å². The monoisotopic (exact) mass is 260 g/mol. The minimum atomic E-state index is -0.873. The number of thioether (sulfide) groups is 1. The van der Waals surface area contributed by atoms with E-state index in [1.807, 2.05) is 4.90 Å². The molecule has 3 N–H and O–H groups in total. The van der Waals surface area contributed by atoms with Crippen molar-refractivity contribution in [2.24, 2.45) is 4.99 Å². The van der Waals surface area contributed by atoms with Gasteiger partial charge in [-0.1, -0.05) is 25.1 Å². The summed E-state index contributed by atoms with van der Waals surface area (Å²) in [5, 5.41) is 29.9. The number of rotatable bonds is 4. The summed E-state index contributed by atoms with van der Waals surface area (Å²) < 4.78 is 0. The molecule has 0 amide bonds. The van der Waals surface area contributed by atoms with Gasteiger partial charge in [0.2, 0.25) is 0 Å². The van der Waals surface area contributed by atoms with Gasteiger partial charge in [-0.25, -0.2) is 0 Å². The second-order valence-electron chi connectivity index (χ2n) is 4.53. The molecule has 6 heteroatoms. The summed E-state index contributed by atoms with van der Waals surface area (Å²) in [5.41, 5.74) is 0. The van der Waals surface area contributed by atoms with Crippen LogP contribution in [-0.4, -0.2) is 68.6 Å². The fraction of sp³-hybridized carbons (Fsp3) is 0.909. The number of hydrogen-bond acceptors (Lipinski definition) is 5. The number of aliphatic hydroxyl groups excluding tert-OH is 3. The van der Waals surface area contributed by atoms with E-state index in [2.05, 4.69) is 11.9 Å². The quantitative estimate of drug-likeness (QED) is 0.603. The zero-order valence-corrected chi connectivity index (χ0v) is 10.8. The van der Waals surface area contributed by atoms with Crippen LogP contribution in [-0.2, 0) is 0 Å². The molecule has 0 aromatic rings. The second kappa shape index (κ2) is 5.56. The van der Waals surface area contributed by atoms with E-state index in [9.17, 15) is 15.3 Å². The maximum atomic E-state index is 9.89. The lowest BCUT2D eigenvalue weighted by Crippen LogP contribution is -2.41. The largest absolute Gasteiger partial charge is 0.394 e. The molecule has 0 aromatic carbocycles. The standard InChI is InChI=1S/C11H20N2O3S/c1-2-3-4-12-11-13-7(5-14)9(15)10(16)8(13)6-17-11/h7-10,14-16H,2-6H2,1H3/t7-,8-,9-,10-/m1/s1. The zero-order chi connectivity index (χ0) is 12.4. The Hall–Kier alpha value is -0.300. The van der Waals surface area contributed by atoms with Crippen LogP contribution in [0.15, 0.2) is 4.99 Å². The molecule has 2 fully saturated rings. The van der Waals surface area contributed by atoms with Gasteiger partial charge in [0, 0.05) is 12.3 Å². The molecule has 17 heavy (non-hydrogen) atoms. The van der Waals surface area contributed by atoms with Gasteiger partial charge in [0.15, 0.2) is 5.17 Å². The highest BCUT2D eigenvalue weighted by Crippen LogP contribution is 2.36. The molecule has 2 aliphatic heterocycles. The van der Waals surface area contributed by atoms with Crippen molar-refractivity contribution in [1.82, 2.24) is 4.90 Å². The number of amidine groups is 1. The van der Waals surface area contributed by atoms with E-state index in [-0.39, 0.29) is 12.6 Å². The molecule has 4 atom stereocenters. The van der Waals surface area contributed by atoms with E-state index in [1.165, 1.54) is 0 Å². The maximum absolute atomic E-state index is 9.89. The average Bonchev–Trinajstić information content (AvgIpc) is 2.82. The van der Waals surface area contributed by atoms with Crippen LogP contribution in [0.1, 0.15) is 19.8 Å². The van der Waals surface area contributed by atoms with Gasteiger partial charge in [0.25, 0.3) is 0 Å². The highest BCUT2D eigenvalue weighted by molar-refractivity contribution is 8.14. The third-order valence-electron chi connectivity index (χ3n) is 3.40. The molecule has 0 radical (unpaired) electrons. The van der Waals surface area contributed by atoms with Crippen molar-refractivity contribution in [2.75, 3.05) is 18.9 Å². The number of aliphatic imine (C=N–C) groups is 1. The lowest BCUT2D eigenvalue weighted by atomic mass is 10.1. The molecule has 0 aromatic heterocycles. The molecule has 5 nitrogen and oxygen atoms in total. The Morgan fingerprint density at radius 1 is 1.41 bits per heavy atom. The second-order valence-corrected chi connectivity index (χ2v) is 5.52. The molecule has 0 saturated carbocycles. The topological polar surface area (TPSA) is 76.3 Å². The lowest BCUT2D eigenvalue weighted by Gasteiger charge is -2.24. The van der Waals surface area contributed by atoms with E-state index < -0.39 is 18.2 Å². The smallest absolute Gasteiger partial charge is 0.160 e. The van der Waals surface area contributed by atoms with Crippen LogP contribution in [0.4, 0.5) is 0 Å². The Bertz CT molecular complexity index is 298. The molecule has 2 heterocycles. The Balaban J connectivity index is 2.10. The average molecular weight is 260 g/mol. The highest BCUT2D eigenvalue weighted by Gasteiger charge is 2.51. The first-order chi connectivity index (χ1) is 8.20. The normalized spacial score (nSPS) is 39.1. The molecule has 98 valence electrons. The van der Waals surface area contributed by atoms with Crippen molar-refractivity contribution >= 4 is 16.9 Å². The molecule has 0 spiro atoms. The first-order valence-electron chi connectivity index (χ1n) is 6.13. The van der Waals surface area contributed by atoms with Crippen molar-refractivity contribution in [3.63, 3.8) is 0 Å². The van der Waals surface area contributed by atoms with Gasteiger partial charge in [-0.2, -0.15) is 0 Å². The fourth-order valence-corrected chi connectivity index (χ4v) is 3.66. The Labute approximate surface area is 106 Å². The van der Waals surface area contributed by atoms with Crippen LogP contribution in [0.5, 0.6) is 0 Å². The van der Waals surface area contributed by atoms with Crippen molar-refractivity contribution in [3.8, 4) is 0 Å². The predicted molar refractivity (Wildman–Crippen MR) is 68.2 cm³/mol. The molecular formula is C11H20N2O3S. The molecule has 2 saturated heterocycles. The SMILES string of the molecule is CCCCN=C1SC[C@@H]2[C@@H](O)[C@H](O)[C@@H](CO)N12. The van der Waals surface area contributed by atoms with E-state index in [4.69, 9.17) is 0 Å². The van der Waals surface area contributed by atoms with Crippen LogP contribution in [0.3, 0.4) is 0 Å². The first-order valence-corrected chi connectivity index (χ1v) is 7.11. The summed E-state index contributed by atoms with van der Waals surface area (Å²) in [6.45, 7) is 2.74. The van der Waals surface area contributed by atoms with Crippen LogP contribution in [0, 0.1) is 0 Å². The van der Waals surface area contributed by atoms with Crippen molar-refractivity contribution < 1.29 is 15.3 Å². The Kier molecular flexibility index (Phi) is 4.30. The fourth-order valence-electron chi connectivity index (χ4n) is 2.38. The number of hydrogen-bond donors (Lipinski definition) is 3. The van der Waals surface area contributed by atoms with Crippen molar-refractivity contribution in [1.29, 1.82) is 0 Å². The minimum absolute atomic E-state index is 0.104. The van der Waals surface area contributed by atoms with Gasteiger partial charge in [0.05, 0.1) is 18.7 Å². The summed E-state index contributed by atoms with van der Waals surface area (Å²) in [4.78, 5) is 6.39. The molecule has 2 aliphatic rings. The predicted octanol–water partition coefficient (Wildman–Crippen LogP) is -0.344. The van der Waals surface area contributed by atoms with Crippen LogP contribution in [0.25, 0.3) is 0 Å². The van der Waals surface area contributed by atoms with E-state index in [0.29, 0.717) is 0 Å². The van der Waals surface area contributed by atoms with E-state index in [1.54, 1.807) is 11.8 Å². The third kappa shape index (κ3) is 2.31. The van der Waals surface area contributed by atoms with Gasteiger partial charge in [0.1, 0.15) is 12.2 Å². The van der Waals surface area contributed by atoms with Crippen molar-refractivity contribution in [2.45, 2.75) is 44.1 Å². The molecule has 0 aliphatic carbocycles. The third-order valence-corrected chi connectivity index (χ3v) is 4.51. The minimum Gasteiger partial charge on any atom is -0.394 e. The van der Waals surface area contributed by atoms with Crippen molar-refractivity contribution in [3.05, 3.63) is 0 Å². The van der Waals surface area contributed by atoms with Crippen LogP contribution in [0.2, 0.25) is 0 Å². The van der Waals surface area contributed by atoms with E-state index in [0.717, 1.165) is 30.3 Å².